The van der Waals surface area contributed by atoms with Crippen molar-refractivity contribution in [3.63, 3.8) is 0 Å². The van der Waals surface area contributed by atoms with Crippen molar-refractivity contribution in [2.45, 2.75) is 31.7 Å². The summed E-state index contributed by atoms with van der Waals surface area (Å²) in [5.74, 6) is -1.25. The number of carboxylic acid groups (broad SMARTS) is 1. The lowest BCUT2D eigenvalue weighted by Crippen LogP contribution is -2.54. The Hall–Kier alpha value is -2.08. The average molecular weight is 332 g/mol. The van der Waals surface area contributed by atoms with Crippen LogP contribution < -0.4 is 5.32 Å². The van der Waals surface area contributed by atoms with Crippen LogP contribution in [0.4, 0.5) is 5.69 Å². The van der Waals surface area contributed by atoms with Gasteiger partial charge >= 0.3 is 5.97 Å². The number of carbonyl (C=O) groups is 2. The van der Waals surface area contributed by atoms with Gasteiger partial charge in [-0.25, -0.2) is 0 Å². The lowest BCUT2D eigenvalue weighted by molar-refractivity contribution is -0.168. The van der Waals surface area contributed by atoms with Gasteiger partial charge in [-0.15, -0.1) is 0 Å². The second-order valence-corrected chi connectivity index (χ2v) is 6.58. The number of rotatable bonds is 4. The number of nitrogens with zero attached hydrogens (tertiary/aromatic N) is 1. The number of nitrogens with one attached hydrogen (secondary N) is 1. The third-order valence-electron chi connectivity index (χ3n) is 5.09. The Labute approximate surface area is 141 Å². The molecular weight excluding hydrogens is 308 g/mol. The summed E-state index contributed by atoms with van der Waals surface area (Å²) < 4.78 is 5.25. The van der Waals surface area contributed by atoms with E-state index in [1.54, 1.807) is 4.90 Å². The van der Waals surface area contributed by atoms with Crippen LogP contribution in [-0.2, 0) is 14.3 Å². The Morgan fingerprint density at radius 1 is 1.12 bits per heavy atom. The molecule has 0 radical (unpaired) electrons. The quantitative estimate of drug-likeness (QED) is 0.824. The molecule has 1 aromatic carbocycles. The van der Waals surface area contributed by atoms with Gasteiger partial charge in [0.25, 0.3) is 0 Å². The molecule has 3 rings (SSSR count). The predicted octanol–water partition coefficient (Wildman–Crippen LogP) is 1.97. The summed E-state index contributed by atoms with van der Waals surface area (Å²) in [7, 11) is 0. The van der Waals surface area contributed by atoms with Crippen molar-refractivity contribution in [3.05, 3.63) is 30.3 Å². The molecule has 0 aliphatic carbocycles. The highest BCUT2D eigenvalue weighted by Crippen LogP contribution is 2.34. The number of benzene rings is 1. The maximum atomic E-state index is 12.9. The fraction of sp³-hybridized carbons (Fsp3) is 0.556. The molecule has 1 aromatic rings. The Morgan fingerprint density at radius 3 is 2.33 bits per heavy atom. The number of hydrogen-bond acceptors (Lipinski definition) is 4. The molecule has 0 bridgehead atoms. The Kier molecular flexibility index (Phi) is 5.04. The van der Waals surface area contributed by atoms with E-state index in [2.05, 4.69) is 5.32 Å². The van der Waals surface area contributed by atoms with Crippen LogP contribution in [0.3, 0.4) is 0 Å². The Balaban J connectivity index is 1.59. The molecule has 0 atom stereocenters. The fourth-order valence-corrected chi connectivity index (χ4v) is 3.54. The van der Waals surface area contributed by atoms with E-state index in [1.807, 2.05) is 30.3 Å². The second kappa shape index (κ2) is 7.21. The maximum absolute atomic E-state index is 12.9. The zero-order valence-corrected chi connectivity index (χ0v) is 13.7. The van der Waals surface area contributed by atoms with Crippen LogP contribution in [0.25, 0.3) is 0 Å². The first kappa shape index (κ1) is 16.8. The smallest absolute Gasteiger partial charge is 0.319 e. The van der Waals surface area contributed by atoms with E-state index in [0.29, 0.717) is 32.3 Å². The topological polar surface area (TPSA) is 78.9 Å². The van der Waals surface area contributed by atoms with Crippen LogP contribution in [0, 0.1) is 5.41 Å². The normalized spacial score (nSPS) is 21.2. The van der Waals surface area contributed by atoms with Gasteiger partial charge in [-0.3, -0.25) is 9.59 Å². The molecular formula is C18H24N2O4. The average Bonchev–Trinajstić information content (AvgIpc) is 2.63. The molecule has 2 fully saturated rings. The van der Waals surface area contributed by atoms with Crippen molar-refractivity contribution in [2.75, 3.05) is 31.6 Å². The van der Waals surface area contributed by atoms with Crippen molar-refractivity contribution >= 4 is 17.6 Å². The van der Waals surface area contributed by atoms with E-state index in [4.69, 9.17) is 4.74 Å². The number of carbonyl (C=O) groups excluding carboxylic acids is 1. The molecule has 24 heavy (non-hydrogen) atoms. The van der Waals surface area contributed by atoms with E-state index in [0.717, 1.165) is 18.5 Å². The Bertz CT molecular complexity index is 576. The van der Waals surface area contributed by atoms with E-state index in [1.165, 1.54) is 0 Å². The van der Waals surface area contributed by atoms with E-state index < -0.39 is 11.4 Å². The van der Waals surface area contributed by atoms with Crippen molar-refractivity contribution in [2.24, 2.45) is 5.41 Å². The molecule has 0 unspecified atom stereocenters. The monoisotopic (exact) mass is 332 g/mol. The molecule has 1 amide bonds. The second-order valence-electron chi connectivity index (χ2n) is 6.58. The third kappa shape index (κ3) is 3.38. The number of amides is 1. The highest BCUT2D eigenvalue weighted by Gasteiger charge is 2.49. The van der Waals surface area contributed by atoms with Crippen LogP contribution in [0.2, 0.25) is 0 Å². The number of piperidine rings is 1. The summed E-state index contributed by atoms with van der Waals surface area (Å²) in [5, 5.41) is 13.1. The zero-order valence-electron chi connectivity index (χ0n) is 13.7. The molecule has 2 aliphatic rings. The minimum absolute atomic E-state index is 0.239. The van der Waals surface area contributed by atoms with E-state index >= 15 is 0 Å². The van der Waals surface area contributed by atoms with Crippen LogP contribution >= 0.6 is 0 Å². The van der Waals surface area contributed by atoms with Gasteiger partial charge in [0.15, 0.2) is 5.41 Å². The number of aliphatic carboxylic acids is 1. The lowest BCUT2D eigenvalue weighted by Gasteiger charge is -2.39. The van der Waals surface area contributed by atoms with Gasteiger partial charge in [0.1, 0.15) is 0 Å². The van der Waals surface area contributed by atoms with Gasteiger partial charge in [0.2, 0.25) is 5.91 Å². The van der Waals surface area contributed by atoms with Gasteiger partial charge in [0, 0.05) is 38.0 Å². The van der Waals surface area contributed by atoms with Gasteiger partial charge in [-0.05, 0) is 37.8 Å². The van der Waals surface area contributed by atoms with Crippen LogP contribution in [0.15, 0.2) is 30.3 Å². The number of carboxylic acids is 1. The highest BCUT2D eigenvalue weighted by molar-refractivity contribution is 6.02. The van der Waals surface area contributed by atoms with Crippen molar-refractivity contribution in [3.8, 4) is 0 Å². The molecule has 130 valence electrons. The molecule has 0 aromatic heterocycles. The minimum Gasteiger partial charge on any atom is -0.480 e. The largest absolute Gasteiger partial charge is 0.480 e. The summed E-state index contributed by atoms with van der Waals surface area (Å²) in [6, 6.07) is 10.3. The molecule has 2 saturated heterocycles. The summed E-state index contributed by atoms with van der Waals surface area (Å²) in [6.07, 6.45) is 2.19. The molecule has 2 aliphatic heterocycles. The molecule has 0 saturated carbocycles. The van der Waals surface area contributed by atoms with Crippen LogP contribution in [0.1, 0.15) is 25.7 Å². The van der Waals surface area contributed by atoms with E-state index in [-0.39, 0.29) is 18.7 Å². The van der Waals surface area contributed by atoms with Gasteiger partial charge in [-0.1, -0.05) is 18.2 Å². The molecule has 2 heterocycles. The van der Waals surface area contributed by atoms with Crippen molar-refractivity contribution in [1.29, 1.82) is 0 Å². The van der Waals surface area contributed by atoms with Crippen LogP contribution in [-0.4, -0.2) is 54.2 Å². The Morgan fingerprint density at radius 2 is 1.75 bits per heavy atom. The number of ether oxygens (including phenoxy) is 1. The molecule has 2 N–H and O–H groups in total. The summed E-state index contributed by atoms with van der Waals surface area (Å²) in [6.45, 7) is 1.87. The van der Waals surface area contributed by atoms with Crippen molar-refractivity contribution < 1.29 is 19.4 Å². The number of likely N-dealkylation sites (tertiary alicyclic amines) is 1. The number of hydrogen-bond donors (Lipinski definition) is 2. The maximum Gasteiger partial charge on any atom is 0.319 e. The lowest BCUT2D eigenvalue weighted by atomic mass is 9.78. The third-order valence-corrected chi connectivity index (χ3v) is 5.09. The van der Waals surface area contributed by atoms with Crippen LogP contribution in [0.5, 0.6) is 0 Å². The SMILES string of the molecule is O=C(O)C1(C(=O)N2CCC(Nc3ccccc3)CC2)CCOCC1. The number of anilines is 1. The molecule has 6 heteroatoms. The first-order valence-corrected chi connectivity index (χ1v) is 8.54. The van der Waals surface area contributed by atoms with E-state index in [9.17, 15) is 14.7 Å². The van der Waals surface area contributed by atoms with Gasteiger partial charge < -0.3 is 20.1 Å². The van der Waals surface area contributed by atoms with Gasteiger partial charge in [-0.2, -0.15) is 0 Å². The summed E-state index contributed by atoms with van der Waals surface area (Å²) >= 11 is 0. The van der Waals surface area contributed by atoms with Gasteiger partial charge in [0.05, 0.1) is 0 Å². The molecule has 6 nitrogen and oxygen atoms in total. The standard InChI is InChI=1S/C18H24N2O4/c21-16(18(17(22)23)8-12-24-13-9-18)20-10-6-15(7-11-20)19-14-4-2-1-3-5-14/h1-5,15,19H,6-13H2,(H,22,23). The summed E-state index contributed by atoms with van der Waals surface area (Å²) in [4.78, 5) is 26.3. The first-order valence-electron chi connectivity index (χ1n) is 8.54. The van der Waals surface area contributed by atoms with Crippen molar-refractivity contribution in [1.82, 2.24) is 4.90 Å². The first-order chi connectivity index (χ1) is 11.6. The molecule has 0 spiro atoms. The highest BCUT2D eigenvalue weighted by atomic mass is 16.5. The fourth-order valence-electron chi connectivity index (χ4n) is 3.54. The summed E-state index contributed by atoms with van der Waals surface area (Å²) in [5.41, 5.74) is -0.216. The minimum atomic E-state index is -1.29. The number of para-hydroxylation sites is 1. The zero-order chi connectivity index (χ0) is 17.0. The predicted molar refractivity (Wildman–Crippen MR) is 89.8 cm³/mol.